The second-order valence-corrected chi connectivity index (χ2v) is 13.8. The van der Waals surface area contributed by atoms with Crippen LogP contribution in [0.5, 0.6) is 0 Å². The summed E-state index contributed by atoms with van der Waals surface area (Å²) in [5.74, 6) is 0. The van der Waals surface area contributed by atoms with Crippen molar-refractivity contribution >= 4 is 0 Å². The van der Waals surface area contributed by atoms with E-state index in [2.05, 4.69) is 141 Å². The summed E-state index contributed by atoms with van der Waals surface area (Å²) in [5, 5.41) is 0. The fourth-order valence-electron chi connectivity index (χ4n) is 6.42. The van der Waals surface area contributed by atoms with Crippen molar-refractivity contribution in [3.8, 4) is 22.3 Å². The fraction of sp³-hybridized carbons (Fsp3) is 0.150. The first-order chi connectivity index (χ1) is 25.8. The number of fused-ring (bicyclic) bond motifs is 6. The summed E-state index contributed by atoms with van der Waals surface area (Å²) >= 11 is 0. The largest absolute Gasteiger partial charge is 2.00 e. The van der Waals surface area contributed by atoms with Gasteiger partial charge >= 0.3 is 34.1 Å². The van der Waals surface area contributed by atoms with Crippen LogP contribution in [-0.2, 0) is 73.4 Å². The maximum absolute atomic E-state index is 8.49. The zero-order chi connectivity index (χ0) is 38.6. The van der Waals surface area contributed by atoms with E-state index in [1.54, 1.807) is 0 Å². The molecule has 0 fully saturated rings. The van der Waals surface area contributed by atoms with E-state index in [-0.39, 0.29) is 45.1 Å². The van der Waals surface area contributed by atoms with E-state index in [1.165, 1.54) is 44.5 Å². The van der Waals surface area contributed by atoms with Gasteiger partial charge in [0.2, 0.25) is 0 Å². The van der Waals surface area contributed by atoms with Gasteiger partial charge in [0.05, 0.1) is 11.4 Å². The molecular weight excluding hydrogens is 894 g/mol. The number of hydrogen-bond acceptors (Lipinski definition) is 14. The number of halogens is 2. The molecule has 58 heavy (non-hydrogen) atoms. The van der Waals surface area contributed by atoms with Crippen molar-refractivity contribution in [3.63, 3.8) is 0 Å². The van der Waals surface area contributed by atoms with Crippen LogP contribution >= 0.6 is 0 Å². The van der Waals surface area contributed by atoms with Gasteiger partial charge in [0.15, 0.2) is 0 Å². The van der Waals surface area contributed by atoms with Crippen LogP contribution in [0.1, 0.15) is 33.6 Å². The maximum Gasteiger partial charge on any atom is 2.00 e. The van der Waals surface area contributed by atoms with Gasteiger partial charge in [-0.05, 0) is 68.8 Å². The van der Waals surface area contributed by atoms with Gasteiger partial charge < -0.3 is 11.0 Å². The van der Waals surface area contributed by atoms with Gasteiger partial charge in [-0.3, -0.25) is 19.8 Å². The Kier molecular flexibility index (Phi) is 22.6. The van der Waals surface area contributed by atoms with Gasteiger partial charge in [-0.15, -0.1) is 20.5 Å². The average molecular weight is 933 g/mol. The molecule has 0 unspecified atom stereocenters. The predicted octanol–water partition coefficient (Wildman–Crippen LogP) is -1.34. The molecule has 0 aliphatic carbocycles. The van der Waals surface area contributed by atoms with E-state index in [0.717, 1.165) is 50.7 Å². The molecule has 2 N–H and O–H groups in total. The number of hydrogen-bond donors (Lipinski definition) is 0. The molecule has 314 valence electrons. The zero-order valence-corrected chi connectivity index (χ0v) is 33.8. The summed E-state index contributed by atoms with van der Waals surface area (Å²) in [4.78, 5) is 13.9. The van der Waals surface area contributed by atoms with Crippen molar-refractivity contribution in [2.24, 2.45) is 0 Å². The van der Waals surface area contributed by atoms with Crippen molar-refractivity contribution in [2.75, 3.05) is 0 Å². The molecule has 8 rings (SSSR count). The smallest absolute Gasteiger partial charge is 0.870 e. The Bertz CT molecular complexity index is 1830. The Labute approximate surface area is 361 Å². The molecule has 2 aliphatic rings. The number of benzene rings is 4. The topological polar surface area (TPSA) is 277 Å². The third kappa shape index (κ3) is 17.7. The Balaban J connectivity index is 0.000000447. The van der Waals surface area contributed by atoms with Gasteiger partial charge in [-0.25, -0.2) is 37.3 Å². The molecule has 2 aromatic heterocycles. The van der Waals surface area contributed by atoms with Crippen molar-refractivity contribution in [3.05, 3.63) is 179 Å². The predicted molar refractivity (Wildman–Crippen MR) is 182 cm³/mol. The molecule has 4 aromatic carbocycles. The minimum atomic E-state index is -4.94. The standard InChI is InChI=1S/2C20H18N2.2ClHO4.2Cu.2H2O/c2*1-3-10-19-16(7-1)13-22(15-18-9-5-6-12-21-18)14-17-8-2-4-11-20(17)19;2*2-1(3,4)5;;;;/h2*1-12H,13-15H2;2*(H,2,3,4,5);;;2*1H2/q;;;;2*+2;;/p-4. The second kappa shape index (κ2) is 25.1. The molecule has 2 radical (unpaired) electrons. The minimum absolute atomic E-state index is 0. The summed E-state index contributed by atoms with van der Waals surface area (Å²) in [6.45, 7) is 5.60. The normalized spacial score (nSPS) is 12.7. The molecule has 0 amide bonds. The van der Waals surface area contributed by atoms with E-state index in [9.17, 15) is 0 Å². The summed E-state index contributed by atoms with van der Waals surface area (Å²) in [7, 11) is -9.89. The van der Waals surface area contributed by atoms with Crippen LogP contribution in [0.2, 0.25) is 0 Å². The molecule has 14 nitrogen and oxygen atoms in total. The fourth-order valence-corrected chi connectivity index (χ4v) is 6.42. The molecule has 0 atom stereocenters. The number of nitrogens with zero attached hydrogens (tertiary/aromatic N) is 4. The first-order valence-corrected chi connectivity index (χ1v) is 19.1. The van der Waals surface area contributed by atoms with Crippen LogP contribution in [-0.4, -0.2) is 30.7 Å². The van der Waals surface area contributed by atoms with E-state index in [1.807, 2.05) is 24.5 Å². The van der Waals surface area contributed by atoms with Crippen molar-refractivity contribution < 1.29 is 103 Å². The zero-order valence-electron chi connectivity index (χ0n) is 30.4. The van der Waals surface area contributed by atoms with Crippen molar-refractivity contribution in [1.29, 1.82) is 0 Å². The van der Waals surface area contributed by atoms with Crippen LogP contribution in [0.4, 0.5) is 0 Å². The quantitative estimate of drug-likeness (QED) is 0.185. The first-order valence-electron chi connectivity index (χ1n) is 16.6. The SMILES string of the molecule is [Cu+2].[Cu+2].[O-][Cl+3]([O-])([O-])[O-].[O-][Cl+3]([O-])([O-])[O-].[OH-].[OH-].c1ccc(CN2Cc3ccccc3-c3ccccc3C2)nc1.c1ccc(CN2Cc3ccccc3-c3ccccc3C2)nc1. The van der Waals surface area contributed by atoms with Crippen LogP contribution in [0, 0.1) is 20.5 Å². The van der Waals surface area contributed by atoms with E-state index in [4.69, 9.17) is 37.3 Å². The van der Waals surface area contributed by atoms with E-state index in [0.29, 0.717) is 0 Å². The third-order valence-corrected chi connectivity index (χ3v) is 8.45. The Morgan fingerprint density at radius 3 is 0.828 bits per heavy atom. The average Bonchev–Trinajstić information content (AvgIpc) is 3.38. The Morgan fingerprint density at radius 2 is 0.603 bits per heavy atom. The van der Waals surface area contributed by atoms with Gasteiger partial charge in [0, 0.05) is 51.7 Å². The van der Waals surface area contributed by atoms with Gasteiger partial charge in [-0.2, -0.15) is 0 Å². The van der Waals surface area contributed by atoms with Gasteiger partial charge in [-0.1, -0.05) is 109 Å². The van der Waals surface area contributed by atoms with Gasteiger partial charge in [0.1, 0.15) is 0 Å². The molecule has 0 spiro atoms. The molecule has 18 heteroatoms. The number of aromatic nitrogens is 2. The Morgan fingerprint density at radius 1 is 0.379 bits per heavy atom. The molecule has 4 heterocycles. The molecule has 6 aromatic rings. The second-order valence-electron chi connectivity index (χ2n) is 12.3. The van der Waals surface area contributed by atoms with Crippen LogP contribution in [0.25, 0.3) is 22.3 Å². The molecule has 0 saturated heterocycles. The van der Waals surface area contributed by atoms with Crippen LogP contribution in [0.3, 0.4) is 0 Å². The van der Waals surface area contributed by atoms with Crippen LogP contribution < -0.4 is 37.3 Å². The maximum atomic E-state index is 8.49. The van der Waals surface area contributed by atoms with E-state index >= 15 is 0 Å². The number of rotatable bonds is 4. The summed E-state index contributed by atoms with van der Waals surface area (Å²) in [6.07, 6.45) is 3.74. The molecule has 0 bridgehead atoms. The van der Waals surface area contributed by atoms with Crippen molar-refractivity contribution in [2.45, 2.75) is 39.3 Å². The van der Waals surface area contributed by atoms with Crippen molar-refractivity contribution in [1.82, 2.24) is 19.8 Å². The monoisotopic (exact) mass is 930 g/mol. The summed E-state index contributed by atoms with van der Waals surface area (Å²) in [6, 6.07) is 47.2. The van der Waals surface area contributed by atoms with Crippen LogP contribution in [0.15, 0.2) is 146 Å². The third-order valence-electron chi connectivity index (χ3n) is 8.45. The van der Waals surface area contributed by atoms with Gasteiger partial charge in [0.25, 0.3) is 0 Å². The molecule has 0 saturated carbocycles. The summed E-state index contributed by atoms with van der Waals surface area (Å²) in [5.41, 5.74) is 13.3. The minimum Gasteiger partial charge on any atom is -0.870 e. The first kappa shape index (κ1) is 52.3. The molecule has 2 aliphatic heterocycles. The molecular formula is C40H38Cl2Cu2N4O10. The number of pyridine rings is 2. The Hall–Kier alpha value is -3.68. The summed E-state index contributed by atoms with van der Waals surface area (Å²) < 4.78 is 67.9. The van der Waals surface area contributed by atoms with E-state index < -0.39 is 20.5 Å².